The van der Waals surface area contributed by atoms with Crippen molar-refractivity contribution in [2.75, 3.05) is 59.5 Å². The Morgan fingerprint density at radius 3 is 2.40 bits per heavy atom. The lowest BCUT2D eigenvalue weighted by atomic mass is 9.57. The van der Waals surface area contributed by atoms with Gasteiger partial charge in [-0.25, -0.2) is 0 Å². The van der Waals surface area contributed by atoms with Crippen LogP contribution in [0.5, 0.6) is 0 Å². The Bertz CT molecular complexity index is 648. The Hall–Kier alpha value is -1.34. The highest BCUT2D eigenvalue weighted by Crippen LogP contribution is 2.52. The maximum atomic E-state index is 12.8. The number of nitrogens with zero attached hydrogens (tertiary/aromatic N) is 4. The van der Waals surface area contributed by atoms with Crippen LogP contribution in [0.25, 0.3) is 0 Å². The number of piperazine rings is 1. The number of hydrogen-bond donors (Lipinski definition) is 1. The van der Waals surface area contributed by atoms with Gasteiger partial charge in [-0.15, -0.1) is 0 Å². The van der Waals surface area contributed by atoms with Crippen LogP contribution in [-0.2, 0) is 9.53 Å². The molecular weight excluding hydrogens is 378 g/mol. The molecule has 7 heteroatoms. The lowest BCUT2D eigenvalue weighted by Gasteiger charge is -2.55. The van der Waals surface area contributed by atoms with E-state index in [0.717, 1.165) is 58.3 Å². The molecule has 4 rings (SSSR count). The first kappa shape index (κ1) is 21.9. The third-order valence-corrected chi connectivity index (χ3v) is 7.85. The number of hydrogen-bond acceptors (Lipinski definition) is 4. The maximum absolute atomic E-state index is 12.8. The molecule has 7 nitrogen and oxygen atoms in total. The smallest absolute Gasteiger partial charge is 0.236 e. The first-order chi connectivity index (χ1) is 14.3. The molecule has 0 radical (unpaired) electrons. The van der Waals surface area contributed by atoms with Crippen molar-refractivity contribution >= 4 is 11.9 Å². The zero-order valence-electron chi connectivity index (χ0n) is 19.6. The van der Waals surface area contributed by atoms with Crippen molar-refractivity contribution in [1.82, 2.24) is 20.0 Å². The standard InChI is InChI=1S/C23H41N5O2/c1-16-12-17(2)14-28(13-16)19(29)15-26-7-9-27(10-8-26)22(24-5)25-20-18-6-11-30-21(18)23(20,3)4/h16-18,20-21H,6-15H2,1-5H3,(H,24,25). The Morgan fingerprint density at radius 1 is 1.10 bits per heavy atom. The van der Waals surface area contributed by atoms with Crippen molar-refractivity contribution in [2.45, 2.75) is 52.7 Å². The van der Waals surface area contributed by atoms with E-state index in [-0.39, 0.29) is 5.41 Å². The molecule has 1 N–H and O–H groups in total. The molecule has 5 unspecified atom stereocenters. The van der Waals surface area contributed by atoms with Gasteiger partial charge in [-0.2, -0.15) is 0 Å². The van der Waals surface area contributed by atoms with Gasteiger partial charge in [0, 0.05) is 70.3 Å². The normalized spacial score (nSPS) is 37.0. The number of aliphatic imine (C=N–C) groups is 1. The molecule has 3 saturated heterocycles. The summed E-state index contributed by atoms with van der Waals surface area (Å²) in [4.78, 5) is 24.2. The van der Waals surface area contributed by atoms with Crippen LogP contribution in [0, 0.1) is 23.2 Å². The van der Waals surface area contributed by atoms with Crippen molar-refractivity contribution < 1.29 is 9.53 Å². The number of piperidine rings is 1. The van der Waals surface area contributed by atoms with Gasteiger partial charge < -0.3 is 19.9 Å². The van der Waals surface area contributed by atoms with Crippen LogP contribution in [0.15, 0.2) is 4.99 Å². The van der Waals surface area contributed by atoms with Crippen molar-refractivity contribution in [3.05, 3.63) is 0 Å². The van der Waals surface area contributed by atoms with Gasteiger partial charge in [0.05, 0.1) is 12.6 Å². The summed E-state index contributed by atoms with van der Waals surface area (Å²) in [5, 5.41) is 3.75. The summed E-state index contributed by atoms with van der Waals surface area (Å²) in [6.07, 6.45) is 2.77. The van der Waals surface area contributed by atoms with Gasteiger partial charge >= 0.3 is 0 Å². The fourth-order valence-corrected chi connectivity index (χ4v) is 6.33. The lowest BCUT2D eigenvalue weighted by Crippen LogP contribution is -2.68. The van der Waals surface area contributed by atoms with E-state index in [1.807, 2.05) is 7.05 Å². The Labute approximate surface area is 182 Å². The summed E-state index contributed by atoms with van der Waals surface area (Å²) in [6, 6.07) is 0.423. The first-order valence-corrected chi connectivity index (χ1v) is 11.9. The minimum Gasteiger partial charge on any atom is -0.377 e. The summed E-state index contributed by atoms with van der Waals surface area (Å²) in [5.74, 6) is 3.13. The molecule has 30 heavy (non-hydrogen) atoms. The molecule has 1 aliphatic carbocycles. The summed E-state index contributed by atoms with van der Waals surface area (Å²) in [6.45, 7) is 16.1. The summed E-state index contributed by atoms with van der Waals surface area (Å²) < 4.78 is 5.94. The number of ether oxygens (including phenoxy) is 1. The molecule has 5 atom stereocenters. The van der Waals surface area contributed by atoms with Gasteiger partial charge in [0.1, 0.15) is 0 Å². The molecule has 1 saturated carbocycles. The SMILES string of the molecule is CN=C(NC1C2CCOC2C1(C)C)N1CCN(CC(=O)N2CC(C)CC(C)C2)CC1. The summed E-state index contributed by atoms with van der Waals surface area (Å²) in [7, 11) is 1.88. The second-order valence-corrected chi connectivity index (χ2v) is 10.7. The van der Waals surface area contributed by atoms with Crippen LogP contribution in [0.4, 0.5) is 0 Å². The van der Waals surface area contributed by atoms with Crippen LogP contribution < -0.4 is 5.32 Å². The minimum absolute atomic E-state index is 0.147. The van der Waals surface area contributed by atoms with E-state index >= 15 is 0 Å². The van der Waals surface area contributed by atoms with E-state index in [2.05, 4.69) is 52.7 Å². The fourth-order valence-electron chi connectivity index (χ4n) is 6.33. The number of carbonyl (C=O) groups is 1. The highest BCUT2D eigenvalue weighted by Gasteiger charge is 2.59. The number of carbonyl (C=O) groups excluding carboxylic acids is 1. The van der Waals surface area contributed by atoms with Gasteiger partial charge in [0.15, 0.2) is 5.96 Å². The Morgan fingerprint density at radius 2 is 1.77 bits per heavy atom. The molecular formula is C23H41N5O2. The van der Waals surface area contributed by atoms with E-state index in [1.54, 1.807) is 0 Å². The van der Waals surface area contributed by atoms with Crippen LogP contribution in [0.1, 0.15) is 40.5 Å². The predicted octanol–water partition coefficient (Wildman–Crippen LogP) is 1.50. The molecule has 0 bridgehead atoms. The zero-order chi connectivity index (χ0) is 21.5. The van der Waals surface area contributed by atoms with Gasteiger partial charge in [0.2, 0.25) is 5.91 Å². The summed E-state index contributed by atoms with van der Waals surface area (Å²) >= 11 is 0. The van der Waals surface area contributed by atoms with Gasteiger partial charge in [-0.3, -0.25) is 14.7 Å². The van der Waals surface area contributed by atoms with E-state index in [9.17, 15) is 4.79 Å². The predicted molar refractivity (Wildman–Crippen MR) is 119 cm³/mol. The first-order valence-electron chi connectivity index (χ1n) is 11.9. The van der Waals surface area contributed by atoms with Crippen LogP contribution >= 0.6 is 0 Å². The Kier molecular flexibility index (Phi) is 6.31. The number of rotatable bonds is 3. The van der Waals surface area contributed by atoms with Crippen LogP contribution in [0.3, 0.4) is 0 Å². The average molecular weight is 420 g/mol. The average Bonchev–Trinajstić information content (AvgIpc) is 3.16. The van der Waals surface area contributed by atoms with Crippen molar-refractivity contribution in [1.29, 1.82) is 0 Å². The second-order valence-electron chi connectivity index (χ2n) is 10.7. The third-order valence-electron chi connectivity index (χ3n) is 7.85. The number of guanidine groups is 1. The third kappa shape index (κ3) is 4.20. The van der Waals surface area contributed by atoms with Gasteiger partial charge in [0.25, 0.3) is 0 Å². The van der Waals surface area contributed by atoms with E-state index in [0.29, 0.717) is 42.4 Å². The van der Waals surface area contributed by atoms with E-state index in [1.165, 1.54) is 6.42 Å². The van der Waals surface area contributed by atoms with Crippen LogP contribution in [0.2, 0.25) is 0 Å². The molecule has 0 aromatic heterocycles. The number of amides is 1. The van der Waals surface area contributed by atoms with E-state index in [4.69, 9.17) is 4.74 Å². The molecule has 3 aliphatic heterocycles. The number of fused-ring (bicyclic) bond motifs is 1. The molecule has 170 valence electrons. The van der Waals surface area contributed by atoms with Crippen LogP contribution in [-0.4, -0.2) is 98.2 Å². The monoisotopic (exact) mass is 419 g/mol. The largest absolute Gasteiger partial charge is 0.377 e. The topological polar surface area (TPSA) is 60.4 Å². The van der Waals surface area contributed by atoms with Gasteiger partial charge in [-0.1, -0.05) is 27.7 Å². The maximum Gasteiger partial charge on any atom is 0.236 e. The molecule has 4 aliphatic rings. The van der Waals surface area contributed by atoms with Crippen molar-refractivity contribution in [3.8, 4) is 0 Å². The quantitative estimate of drug-likeness (QED) is 0.555. The Balaban J connectivity index is 1.26. The summed E-state index contributed by atoms with van der Waals surface area (Å²) in [5.41, 5.74) is 0.147. The highest BCUT2D eigenvalue weighted by molar-refractivity contribution is 5.81. The number of likely N-dealkylation sites (tertiary alicyclic amines) is 1. The van der Waals surface area contributed by atoms with Gasteiger partial charge in [-0.05, 0) is 24.7 Å². The second kappa shape index (κ2) is 8.65. The molecule has 0 aromatic carbocycles. The number of nitrogens with one attached hydrogen (secondary N) is 1. The highest BCUT2D eigenvalue weighted by atomic mass is 16.5. The molecule has 0 aromatic rings. The molecule has 1 amide bonds. The fraction of sp³-hybridized carbons (Fsp3) is 0.913. The molecule has 3 heterocycles. The molecule has 0 spiro atoms. The van der Waals surface area contributed by atoms with Crippen molar-refractivity contribution in [3.63, 3.8) is 0 Å². The van der Waals surface area contributed by atoms with E-state index < -0.39 is 0 Å². The molecule has 4 fully saturated rings. The zero-order valence-corrected chi connectivity index (χ0v) is 19.6. The minimum atomic E-state index is 0.147. The van der Waals surface area contributed by atoms with Crippen molar-refractivity contribution in [2.24, 2.45) is 28.2 Å². The lowest BCUT2D eigenvalue weighted by molar-refractivity contribution is -0.135.